The zero-order chi connectivity index (χ0) is 19.3. The van der Waals surface area contributed by atoms with Gasteiger partial charge in [-0.2, -0.15) is 5.26 Å². The lowest BCUT2D eigenvalue weighted by molar-refractivity contribution is -0.124. The molecule has 0 aliphatic heterocycles. The number of hydrogen-bond acceptors (Lipinski definition) is 4. The topological polar surface area (TPSA) is 104 Å². The number of anilines is 1. The Morgan fingerprint density at radius 2 is 1.92 bits per heavy atom. The number of halogens is 1. The van der Waals surface area contributed by atoms with Gasteiger partial charge in [0.15, 0.2) is 0 Å². The zero-order valence-corrected chi connectivity index (χ0v) is 15.9. The van der Waals surface area contributed by atoms with E-state index in [9.17, 15) is 14.4 Å². The van der Waals surface area contributed by atoms with E-state index < -0.39 is 17.4 Å². The lowest BCUT2D eigenvalue weighted by atomic mass is 10.1. The number of amides is 2. The van der Waals surface area contributed by atoms with Crippen LogP contribution in [0.1, 0.15) is 16.8 Å². The number of carbonyl (C=O) groups excluding carboxylic acids is 2. The van der Waals surface area contributed by atoms with Crippen molar-refractivity contribution < 1.29 is 9.59 Å². The molecule has 7 nitrogen and oxygen atoms in total. The third-order valence-electron chi connectivity index (χ3n) is 3.71. The maximum Gasteiger partial charge on any atom is 0.269 e. The molecule has 0 saturated carbocycles. The number of aromatic nitrogens is 1. The van der Waals surface area contributed by atoms with E-state index in [1.54, 1.807) is 38.1 Å². The van der Waals surface area contributed by atoms with E-state index in [-0.39, 0.29) is 18.7 Å². The van der Waals surface area contributed by atoms with Crippen LogP contribution in [0.3, 0.4) is 0 Å². The summed E-state index contributed by atoms with van der Waals surface area (Å²) in [6.07, 6.45) is 0. The predicted molar refractivity (Wildman–Crippen MR) is 101 cm³/mol. The van der Waals surface area contributed by atoms with Crippen LogP contribution in [0.4, 0.5) is 5.69 Å². The normalized spacial score (nSPS) is 10.1. The summed E-state index contributed by atoms with van der Waals surface area (Å²) in [6.45, 7) is 2.86. The first-order valence-electron chi connectivity index (χ1n) is 7.75. The molecule has 0 fully saturated rings. The minimum Gasteiger partial charge on any atom is -0.345 e. The molecule has 0 saturated heterocycles. The Hall–Kier alpha value is -2.92. The smallest absolute Gasteiger partial charge is 0.269 e. The van der Waals surface area contributed by atoms with Gasteiger partial charge >= 0.3 is 0 Å². The second-order valence-electron chi connectivity index (χ2n) is 5.65. The van der Waals surface area contributed by atoms with Gasteiger partial charge in [-0.3, -0.25) is 14.4 Å². The van der Waals surface area contributed by atoms with E-state index in [0.29, 0.717) is 16.9 Å². The molecule has 0 bridgehead atoms. The Kier molecular flexibility index (Phi) is 6.31. The number of nitrogens with one attached hydrogen (secondary N) is 2. The second kappa shape index (κ2) is 8.45. The number of nitriles is 1. The van der Waals surface area contributed by atoms with Gasteiger partial charge in [-0.05, 0) is 53.5 Å². The van der Waals surface area contributed by atoms with Crippen LogP contribution in [0, 0.1) is 25.2 Å². The molecule has 2 rings (SSSR count). The van der Waals surface area contributed by atoms with Crippen LogP contribution in [0.2, 0.25) is 0 Å². The highest BCUT2D eigenvalue weighted by molar-refractivity contribution is 9.10. The largest absolute Gasteiger partial charge is 0.345 e. The van der Waals surface area contributed by atoms with Gasteiger partial charge in [0.2, 0.25) is 11.8 Å². The molecule has 2 amide bonds. The quantitative estimate of drug-likeness (QED) is 0.775. The molecule has 134 valence electrons. The van der Waals surface area contributed by atoms with Gasteiger partial charge < -0.3 is 15.2 Å². The van der Waals surface area contributed by atoms with Gasteiger partial charge in [0.05, 0.1) is 12.2 Å². The lowest BCUT2D eigenvalue weighted by Gasteiger charge is -2.12. The fourth-order valence-corrected chi connectivity index (χ4v) is 2.78. The molecule has 0 unspecified atom stereocenters. The number of pyridine rings is 1. The second-order valence-corrected chi connectivity index (χ2v) is 6.51. The molecule has 8 heteroatoms. The van der Waals surface area contributed by atoms with Gasteiger partial charge in [-0.1, -0.05) is 12.1 Å². The van der Waals surface area contributed by atoms with Crippen LogP contribution in [-0.4, -0.2) is 22.9 Å². The van der Waals surface area contributed by atoms with Crippen molar-refractivity contribution in [2.24, 2.45) is 0 Å². The Labute approximate surface area is 158 Å². The Balaban J connectivity index is 2.00. The molecule has 1 aromatic carbocycles. The van der Waals surface area contributed by atoms with Crippen molar-refractivity contribution >= 4 is 33.4 Å². The van der Waals surface area contributed by atoms with Gasteiger partial charge in [0.1, 0.15) is 18.2 Å². The standard InChI is InChI=1S/C18H17BrN4O3/c1-11-7-12(2)23(18(26)13(11)8-20)10-17(25)21-9-16(24)22-15-6-4-3-5-14(15)19/h3-7H,9-10H2,1-2H3,(H,21,25)(H,22,24). The summed E-state index contributed by atoms with van der Waals surface area (Å²) < 4.78 is 1.94. The Morgan fingerprint density at radius 1 is 1.23 bits per heavy atom. The first-order chi connectivity index (χ1) is 12.3. The average molecular weight is 417 g/mol. The predicted octanol–water partition coefficient (Wildman–Crippen LogP) is 1.85. The summed E-state index contributed by atoms with van der Waals surface area (Å²) in [6, 6.07) is 10.6. The highest BCUT2D eigenvalue weighted by Crippen LogP contribution is 2.20. The number of hydrogen-bond donors (Lipinski definition) is 2. The highest BCUT2D eigenvalue weighted by Gasteiger charge is 2.13. The average Bonchev–Trinajstić information content (AvgIpc) is 2.59. The van der Waals surface area contributed by atoms with Crippen molar-refractivity contribution in [2.75, 3.05) is 11.9 Å². The Morgan fingerprint density at radius 3 is 2.58 bits per heavy atom. The molecule has 0 aliphatic carbocycles. The van der Waals surface area contributed by atoms with E-state index in [1.165, 1.54) is 4.57 Å². The fourth-order valence-electron chi connectivity index (χ4n) is 2.40. The van der Waals surface area contributed by atoms with Crippen molar-refractivity contribution in [2.45, 2.75) is 20.4 Å². The number of para-hydroxylation sites is 1. The molecule has 26 heavy (non-hydrogen) atoms. The van der Waals surface area contributed by atoms with E-state index in [1.807, 2.05) is 12.1 Å². The number of benzene rings is 1. The molecule has 0 aliphatic rings. The molecular formula is C18H17BrN4O3. The summed E-state index contributed by atoms with van der Waals surface area (Å²) in [5.41, 5.74) is 1.22. The zero-order valence-electron chi connectivity index (χ0n) is 14.3. The maximum atomic E-state index is 12.3. The summed E-state index contributed by atoms with van der Waals surface area (Å²) in [7, 11) is 0. The fraction of sp³-hybridized carbons (Fsp3) is 0.222. The van der Waals surface area contributed by atoms with Crippen molar-refractivity contribution in [3.8, 4) is 6.07 Å². The molecule has 1 aromatic heterocycles. The van der Waals surface area contributed by atoms with Crippen molar-refractivity contribution in [3.63, 3.8) is 0 Å². The van der Waals surface area contributed by atoms with Crippen molar-refractivity contribution in [1.82, 2.24) is 9.88 Å². The van der Waals surface area contributed by atoms with E-state index in [2.05, 4.69) is 26.6 Å². The number of aryl methyl sites for hydroxylation is 2. The third kappa shape index (κ3) is 4.58. The minimum absolute atomic E-state index is 0.00932. The molecule has 2 aromatic rings. The summed E-state index contributed by atoms with van der Waals surface area (Å²) in [4.78, 5) is 36.3. The lowest BCUT2D eigenvalue weighted by Crippen LogP contribution is -2.38. The van der Waals surface area contributed by atoms with Crippen LogP contribution in [-0.2, 0) is 16.1 Å². The number of rotatable bonds is 5. The van der Waals surface area contributed by atoms with Crippen LogP contribution >= 0.6 is 15.9 Å². The maximum absolute atomic E-state index is 12.3. The van der Waals surface area contributed by atoms with Crippen LogP contribution in [0.5, 0.6) is 0 Å². The molecule has 0 spiro atoms. The molecule has 1 heterocycles. The summed E-state index contributed by atoms with van der Waals surface area (Å²) in [5.74, 6) is -0.888. The SMILES string of the molecule is Cc1cc(C)n(CC(=O)NCC(=O)Nc2ccccc2Br)c(=O)c1C#N. The van der Waals surface area contributed by atoms with Gasteiger partial charge in [0, 0.05) is 10.2 Å². The molecule has 0 radical (unpaired) electrons. The van der Waals surface area contributed by atoms with Crippen molar-refractivity contribution in [3.05, 3.63) is 62.0 Å². The van der Waals surface area contributed by atoms with E-state index >= 15 is 0 Å². The first kappa shape index (κ1) is 19.4. The highest BCUT2D eigenvalue weighted by atomic mass is 79.9. The summed E-state index contributed by atoms with van der Waals surface area (Å²) in [5, 5.41) is 14.2. The van der Waals surface area contributed by atoms with Gasteiger partial charge in [-0.15, -0.1) is 0 Å². The van der Waals surface area contributed by atoms with Gasteiger partial charge in [0.25, 0.3) is 5.56 Å². The molecule has 0 atom stereocenters. The van der Waals surface area contributed by atoms with Crippen LogP contribution in [0.25, 0.3) is 0 Å². The number of carbonyl (C=O) groups is 2. The Bertz CT molecular complexity index is 960. The molecule has 2 N–H and O–H groups in total. The number of nitrogens with zero attached hydrogens (tertiary/aromatic N) is 2. The van der Waals surface area contributed by atoms with E-state index in [0.717, 1.165) is 4.47 Å². The van der Waals surface area contributed by atoms with Crippen molar-refractivity contribution in [1.29, 1.82) is 5.26 Å². The first-order valence-corrected chi connectivity index (χ1v) is 8.55. The van der Waals surface area contributed by atoms with Crippen LogP contribution in [0.15, 0.2) is 39.6 Å². The minimum atomic E-state index is -0.516. The molecular weight excluding hydrogens is 400 g/mol. The third-order valence-corrected chi connectivity index (χ3v) is 4.40. The monoisotopic (exact) mass is 416 g/mol. The summed E-state index contributed by atoms with van der Waals surface area (Å²) >= 11 is 3.32. The van der Waals surface area contributed by atoms with E-state index in [4.69, 9.17) is 5.26 Å². The van der Waals surface area contributed by atoms with Crippen LogP contribution < -0.4 is 16.2 Å². The van der Waals surface area contributed by atoms with Gasteiger partial charge in [-0.25, -0.2) is 0 Å².